The first-order chi connectivity index (χ1) is 9.34. The summed E-state index contributed by atoms with van der Waals surface area (Å²) in [5.41, 5.74) is -0.799. The molecule has 7 nitrogen and oxygen atoms in total. The lowest BCUT2D eigenvalue weighted by Gasteiger charge is -2.18. The van der Waals surface area contributed by atoms with E-state index in [0.29, 0.717) is 5.56 Å². The van der Waals surface area contributed by atoms with Gasteiger partial charge in [0.25, 0.3) is 0 Å². The average Bonchev–Trinajstić information content (AvgIpc) is 2.37. The first-order valence-electron chi connectivity index (χ1n) is 5.70. The molecule has 0 aliphatic rings. The normalized spacial score (nSPS) is 10.5. The van der Waals surface area contributed by atoms with Crippen LogP contribution < -0.4 is 0 Å². The Hall–Kier alpha value is -2.57. The van der Waals surface area contributed by atoms with Crippen LogP contribution in [0.2, 0.25) is 0 Å². The molecule has 0 aliphatic heterocycles. The van der Waals surface area contributed by atoms with Crippen molar-refractivity contribution in [3.05, 3.63) is 29.8 Å². The highest BCUT2D eigenvalue weighted by Crippen LogP contribution is 2.16. The second kappa shape index (κ2) is 6.55. The predicted octanol–water partition coefficient (Wildman–Crippen LogP) is 2.61. The van der Waals surface area contributed by atoms with Crippen molar-refractivity contribution in [2.24, 2.45) is 0 Å². The van der Waals surface area contributed by atoms with Crippen LogP contribution in [0.5, 0.6) is 5.75 Å². The minimum absolute atomic E-state index is 0.0344. The number of carbonyl (C=O) groups excluding carboxylic acids is 2. The molecule has 0 atom stereocenters. The number of hydrogen-bond donors (Lipinski definition) is 2. The third kappa shape index (κ3) is 4.97. The number of phenolic OH excluding ortho intramolecular Hbond substituents is 1. The van der Waals surface area contributed by atoms with Gasteiger partial charge in [-0.15, -0.1) is 0 Å². The largest absolute Gasteiger partial charge is 0.519 e. The van der Waals surface area contributed by atoms with E-state index in [1.54, 1.807) is 18.2 Å². The summed E-state index contributed by atoms with van der Waals surface area (Å²) in [6.07, 6.45) is -1.62. The van der Waals surface area contributed by atoms with Gasteiger partial charge in [0, 0.05) is 11.8 Å². The summed E-state index contributed by atoms with van der Waals surface area (Å²) in [6, 6.07) is 6.27. The van der Waals surface area contributed by atoms with E-state index in [2.05, 4.69) is 14.2 Å². The molecule has 0 spiro atoms. The molecule has 0 aliphatic carbocycles. The van der Waals surface area contributed by atoms with Crippen molar-refractivity contribution in [3.8, 4) is 5.75 Å². The summed E-state index contributed by atoms with van der Waals surface area (Å²) in [4.78, 5) is 22.4. The summed E-state index contributed by atoms with van der Waals surface area (Å²) in [5, 5.41) is 16.4. The number of benzene rings is 1. The Bertz CT molecular complexity index is 511. The Labute approximate surface area is 115 Å². The van der Waals surface area contributed by atoms with Crippen LogP contribution in [0.3, 0.4) is 0 Å². The van der Waals surface area contributed by atoms with E-state index in [1.807, 2.05) is 0 Å². The highest BCUT2D eigenvalue weighted by molar-refractivity contribution is 5.79. The molecule has 20 heavy (non-hydrogen) atoms. The van der Waals surface area contributed by atoms with Crippen LogP contribution in [0.4, 0.5) is 9.59 Å². The number of carbonyl (C=O) groups is 2. The van der Waals surface area contributed by atoms with E-state index in [0.717, 1.165) is 6.21 Å². The highest BCUT2D eigenvalue weighted by atomic mass is 16.8. The number of para-hydroxylation sites is 1. The lowest BCUT2D eigenvalue weighted by molar-refractivity contribution is 0.00821. The van der Waals surface area contributed by atoms with Gasteiger partial charge < -0.3 is 24.7 Å². The predicted molar refractivity (Wildman–Crippen MR) is 68.7 cm³/mol. The van der Waals surface area contributed by atoms with Gasteiger partial charge in [-0.2, -0.15) is 0 Å². The summed E-state index contributed by atoms with van der Waals surface area (Å²) in [7, 11) is 0. The highest BCUT2D eigenvalue weighted by Gasteiger charge is 2.23. The first-order valence-corrected chi connectivity index (χ1v) is 5.70. The zero-order chi connectivity index (χ0) is 15.2. The van der Waals surface area contributed by atoms with Crippen molar-refractivity contribution in [1.29, 1.82) is 5.41 Å². The molecule has 1 aromatic rings. The third-order valence-corrected chi connectivity index (χ3v) is 2.20. The lowest BCUT2D eigenvalue weighted by Crippen LogP contribution is -2.30. The fourth-order valence-electron chi connectivity index (χ4n) is 1.13. The van der Waals surface area contributed by atoms with Crippen LogP contribution >= 0.6 is 0 Å². The number of rotatable bonds is 4. The smallest absolute Gasteiger partial charge is 0.508 e. The molecule has 2 N–H and O–H groups in total. The Morgan fingerprint density at radius 3 is 2.55 bits per heavy atom. The molecule has 0 fully saturated rings. The van der Waals surface area contributed by atoms with E-state index >= 15 is 0 Å². The number of nitrogens with one attached hydrogen (secondary N) is 1. The zero-order valence-corrected chi connectivity index (χ0v) is 11.1. The van der Waals surface area contributed by atoms with E-state index in [-0.39, 0.29) is 12.4 Å². The maximum Gasteiger partial charge on any atom is 0.519 e. The van der Waals surface area contributed by atoms with Crippen LogP contribution in [0.15, 0.2) is 24.3 Å². The Morgan fingerprint density at radius 1 is 1.30 bits per heavy atom. The van der Waals surface area contributed by atoms with Crippen LogP contribution in [-0.2, 0) is 20.8 Å². The van der Waals surface area contributed by atoms with Crippen LogP contribution in [0.1, 0.15) is 19.4 Å². The molecule has 0 bridgehead atoms. The summed E-state index contributed by atoms with van der Waals surface area (Å²) >= 11 is 0. The van der Waals surface area contributed by atoms with Gasteiger partial charge in [-0.25, -0.2) is 9.59 Å². The molecule has 0 saturated heterocycles. The Balaban J connectivity index is 2.43. The number of aromatic hydroxyl groups is 1. The van der Waals surface area contributed by atoms with E-state index in [1.165, 1.54) is 19.9 Å². The summed E-state index contributed by atoms with van der Waals surface area (Å²) in [6.45, 7) is 2.66. The summed E-state index contributed by atoms with van der Waals surface area (Å²) in [5.74, 6) is -0.0344. The number of phenols is 1. The maximum absolute atomic E-state index is 11.2. The van der Waals surface area contributed by atoms with Gasteiger partial charge in [-0.05, 0) is 19.9 Å². The van der Waals surface area contributed by atoms with Crippen molar-refractivity contribution >= 4 is 18.5 Å². The zero-order valence-electron chi connectivity index (χ0n) is 11.1. The fraction of sp³-hybridized carbons (Fsp3) is 0.308. The minimum atomic E-state index is -1.26. The van der Waals surface area contributed by atoms with Gasteiger partial charge in [0.15, 0.2) is 0 Å². The lowest BCUT2D eigenvalue weighted by atomic mass is 10.2. The Morgan fingerprint density at radius 2 is 1.95 bits per heavy atom. The number of ether oxygens (including phenoxy) is 3. The molecule has 0 amide bonds. The van der Waals surface area contributed by atoms with Gasteiger partial charge in [0.2, 0.25) is 0 Å². The van der Waals surface area contributed by atoms with Crippen molar-refractivity contribution < 1.29 is 28.9 Å². The molecule has 108 valence electrons. The quantitative estimate of drug-likeness (QED) is 0.499. The van der Waals surface area contributed by atoms with E-state index in [9.17, 15) is 14.7 Å². The van der Waals surface area contributed by atoms with Crippen LogP contribution in [-0.4, -0.2) is 29.2 Å². The van der Waals surface area contributed by atoms with Crippen LogP contribution in [0.25, 0.3) is 0 Å². The second-order valence-electron chi connectivity index (χ2n) is 4.37. The van der Waals surface area contributed by atoms with Crippen molar-refractivity contribution in [3.63, 3.8) is 0 Å². The standard InChI is InChI=1S/C13H15NO6/c1-13(2,8-14)20-12(17)19-11(16)18-7-9-5-3-4-6-10(9)15/h3-6,8,14-15H,7H2,1-2H3. The molecular formula is C13H15NO6. The summed E-state index contributed by atoms with van der Waals surface area (Å²) < 4.78 is 13.6. The van der Waals surface area contributed by atoms with E-state index < -0.39 is 17.9 Å². The number of hydrogen-bond acceptors (Lipinski definition) is 7. The molecule has 0 aromatic heterocycles. The molecule has 0 radical (unpaired) electrons. The first kappa shape index (κ1) is 15.5. The molecule has 0 saturated carbocycles. The molecular weight excluding hydrogens is 266 g/mol. The topological polar surface area (TPSA) is 106 Å². The van der Waals surface area contributed by atoms with E-state index in [4.69, 9.17) is 5.41 Å². The van der Waals surface area contributed by atoms with Crippen molar-refractivity contribution in [2.75, 3.05) is 0 Å². The second-order valence-corrected chi connectivity index (χ2v) is 4.37. The van der Waals surface area contributed by atoms with Crippen LogP contribution in [0, 0.1) is 5.41 Å². The van der Waals surface area contributed by atoms with Gasteiger partial charge in [-0.3, -0.25) is 0 Å². The van der Waals surface area contributed by atoms with Crippen molar-refractivity contribution in [1.82, 2.24) is 0 Å². The Kier molecular flexibility index (Phi) is 5.08. The molecule has 1 aromatic carbocycles. The molecule has 0 unspecified atom stereocenters. The van der Waals surface area contributed by atoms with Gasteiger partial charge in [0.05, 0.1) is 0 Å². The minimum Gasteiger partial charge on any atom is -0.508 e. The molecule has 7 heteroatoms. The van der Waals surface area contributed by atoms with Gasteiger partial charge >= 0.3 is 12.3 Å². The fourth-order valence-corrected chi connectivity index (χ4v) is 1.13. The SMILES string of the molecule is CC(C)(C=N)OC(=O)OC(=O)OCc1ccccc1O. The van der Waals surface area contributed by atoms with Gasteiger partial charge in [-0.1, -0.05) is 18.2 Å². The molecule has 1 rings (SSSR count). The van der Waals surface area contributed by atoms with Gasteiger partial charge in [0.1, 0.15) is 18.0 Å². The monoisotopic (exact) mass is 281 g/mol. The maximum atomic E-state index is 11.2. The van der Waals surface area contributed by atoms with Crippen molar-refractivity contribution in [2.45, 2.75) is 26.1 Å². The average molecular weight is 281 g/mol. The third-order valence-electron chi connectivity index (χ3n) is 2.20. The molecule has 0 heterocycles.